The number of fused-ring (bicyclic) bond motifs is 1. The number of carbonyl (C=O) groups excluding carboxylic acids is 1. The number of aromatic amines is 1. The predicted octanol–water partition coefficient (Wildman–Crippen LogP) is 2.66. The molecule has 0 aromatic carbocycles. The van der Waals surface area contributed by atoms with Crippen molar-refractivity contribution < 1.29 is 4.79 Å². The van der Waals surface area contributed by atoms with Gasteiger partial charge in [0.1, 0.15) is 10.7 Å². The van der Waals surface area contributed by atoms with Gasteiger partial charge in [-0.3, -0.25) is 9.59 Å². The van der Waals surface area contributed by atoms with Gasteiger partial charge in [0.25, 0.3) is 5.56 Å². The van der Waals surface area contributed by atoms with E-state index in [2.05, 4.69) is 16.9 Å². The Morgan fingerprint density at radius 2 is 2.22 bits per heavy atom. The molecule has 1 saturated carbocycles. The van der Waals surface area contributed by atoms with E-state index >= 15 is 0 Å². The van der Waals surface area contributed by atoms with Crippen molar-refractivity contribution in [2.45, 2.75) is 44.9 Å². The molecule has 0 spiro atoms. The van der Waals surface area contributed by atoms with Crippen LogP contribution in [0.5, 0.6) is 0 Å². The van der Waals surface area contributed by atoms with Crippen molar-refractivity contribution in [2.75, 3.05) is 13.1 Å². The molecule has 1 atom stereocenters. The number of hydrogen-bond acceptors (Lipinski definition) is 4. The van der Waals surface area contributed by atoms with Crippen molar-refractivity contribution in [3.8, 4) is 0 Å². The first-order valence-corrected chi connectivity index (χ1v) is 9.26. The predicted molar refractivity (Wildman–Crippen MR) is 90.9 cm³/mol. The number of aryl methyl sites for hydroxylation is 1. The van der Waals surface area contributed by atoms with Gasteiger partial charge in [0.15, 0.2) is 0 Å². The standard InChI is InChI=1S/C17H21N3O2S/c1-2-12-7-13-16(22)18-15(19-17(13)23-12)11-6-14(21)20(9-11)8-10-4-3-5-10/h7,10-11H,2-6,8-9H2,1H3,(H,18,19,22). The zero-order chi connectivity index (χ0) is 16.0. The Kier molecular flexibility index (Phi) is 3.71. The highest BCUT2D eigenvalue weighted by atomic mass is 32.1. The van der Waals surface area contributed by atoms with Crippen LogP contribution in [0.15, 0.2) is 10.9 Å². The van der Waals surface area contributed by atoms with Gasteiger partial charge in [0.05, 0.1) is 5.39 Å². The van der Waals surface area contributed by atoms with Crippen LogP contribution >= 0.6 is 11.3 Å². The quantitative estimate of drug-likeness (QED) is 0.936. The van der Waals surface area contributed by atoms with Crippen molar-refractivity contribution in [2.24, 2.45) is 5.92 Å². The van der Waals surface area contributed by atoms with Crippen molar-refractivity contribution >= 4 is 27.5 Å². The summed E-state index contributed by atoms with van der Waals surface area (Å²) in [6, 6.07) is 1.93. The van der Waals surface area contributed by atoms with Crippen molar-refractivity contribution in [3.05, 3.63) is 27.1 Å². The van der Waals surface area contributed by atoms with E-state index in [-0.39, 0.29) is 17.4 Å². The zero-order valence-corrected chi connectivity index (χ0v) is 14.1. The molecular formula is C17H21N3O2S. The number of hydrogen-bond donors (Lipinski definition) is 1. The molecule has 6 heteroatoms. The summed E-state index contributed by atoms with van der Waals surface area (Å²) in [5, 5.41) is 0.672. The smallest absolute Gasteiger partial charge is 0.259 e. The molecule has 5 nitrogen and oxygen atoms in total. The number of rotatable bonds is 4. The Hall–Kier alpha value is -1.69. The Morgan fingerprint density at radius 1 is 1.39 bits per heavy atom. The molecule has 1 N–H and O–H groups in total. The van der Waals surface area contributed by atoms with Crippen LogP contribution in [0.25, 0.3) is 10.2 Å². The summed E-state index contributed by atoms with van der Waals surface area (Å²) in [5.74, 6) is 1.57. The number of H-pyrrole nitrogens is 1. The van der Waals surface area contributed by atoms with E-state index in [1.54, 1.807) is 11.3 Å². The fourth-order valence-corrected chi connectivity index (χ4v) is 4.46. The molecule has 2 aliphatic rings. The SMILES string of the molecule is CCc1cc2c(=O)[nH]c(C3CC(=O)N(CC4CCC4)C3)nc2s1. The number of thiophene rings is 1. The van der Waals surface area contributed by atoms with E-state index in [0.29, 0.717) is 30.1 Å². The summed E-state index contributed by atoms with van der Waals surface area (Å²) < 4.78 is 0. The highest BCUT2D eigenvalue weighted by molar-refractivity contribution is 7.18. The highest BCUT2D eigenvalue weighted by Gasteiger charge is 2.34. The molecule has 2 aromatic heterocycles. The minimum Gasteiger partial charge on any atom is -0.342 e. The normalized spacial score (nSPS) is 22.0. The lowest BCUT2D eigenvalue weighted by Gasteiger charge is -2.30. The van der Waals surface area contributed by atoms with E-state index in [9.17, 15) is 9.59 Å². The molecule has 23 heavy (non-hydrogen) atoms. The second kappa shape index (κ2) is 5.74. The second-order valence-electron chi connectivity index (χ2n) is 6.73. The monoisotopic (exact) mass is 331 g/mol. The maximum atomic E-state index is 12.3. The van der Waals surface area contributed by atoms with Crippen LogP contribution in [0.2, 0.25) is 0 Å². The third-order valence-corrected chi connectivity index (χ3v) is 6.30. The summed E-state index contributed by atoms with van der Waals surface area (Å²) in [6.45, 7) is 3.64. The van der Waals surface area contributed by atoms with E-state index in [1.165, 1.54) is 24.1 Å². The lowest BCUT2D eigenvalue weighted by Crippen LogP contribution is -2.33. The van der Waals surface area contributed by atoms with Gasteiger partial charge in [0.2, 0.25) is 5.91 Å². The molecule has 0 radical (unpaired) electrons. The maximum Gasteiger partial charge on any atom is 0.259 e. The van der Waals surface area contributed by atoms with Crippen LogP contribution in [0.4, 0.5) is 0 Å². The van der Waals surface area contributed by atoms with Crippen LogP contribution in [0, 0.1) is 5.92 Å². The van der Waals surface area contributed by atoms with Crippen LogP contribution in [0.1, 0.15) is 49.2 Å². The topological polar surface area (TPSA) is 66.1 Å². The van der Waals surface area contributed by atoms with Crippen molar-refractivity contribution in [1.82, 2.24) is 14.9 Å². The molecule has 1 aliphatic carbocycles. The molecule has 122 valence electrons. The van der Waals surface area contributed by atoms with Gasteiger partial charge in [0, 0.05) is 30.3 Å². The molecule has 2 fully saturated rings. The number of amides is 1. The summed E-state index contributed by atoms with van der Waals surface area (Å²) in [6.07, 6.45) is 5.15. The molecule has 1 amide bonds. The molecule has 1 saturated heterocycles. The summed E-state index contributed by atoms with van der Waals surface area (Å²) in [4.78, 5) is 36.0. The van der Waals surface area contributed by atoms with Gasteiger partial charge in [-0.25, -0.2) is 4.98 Å². The molecular weight excluding hydrogens is 310 g/mol. The first kappa shape index (κ1) is 14.9. The Bertz CT molecular complexity index is 806. The van der Waals surface area contributed by atoms with Gasteiger partial charge in [-0.2, -0.15) is 0 Å². The highest BCUT2D eigenvalue weighted by Crippen LogP contribution is 2.32. The summed E-state index contributed by atoms with van der Waals surface area (Å²) in [7, 11) is 0. The fraction of sp³-hybridized carbons (Fsp3) is 0.588. The van der Waals surface area contributed by atoms with Crippen LogP contribution in [-0.2, 0) is 11.2 Å². The summed E-state index contributed by atoms with van der Waals surface area (Å²) >= 11 is 1.58. The average Bonchev–Trinajstić information content (AvgIpc) is 3.06. The van der Waals surface area contributed by atoms with E-state index in [4.69, 9.17) is 0 Å². The minimum atomic E-state index is -0.0779. The lowest BCUT2D eigenvalue weighted by molar-refractivity contribution is -0.128. The second-order valence-corrected chi connectivity index (χ2v) is 7.85. The van der Waals surface area contributed by atoms with Gasteiger partial charge in [-0.1, -0.05) is 13.3 Å². The number of nitrogens with one attached hydrogen (secondary N) is 1. The molecule has 0 bridgehead atoms. The van der Waals surface area contributed by atoms with Crippen LogP contribution < -0.4 is 5.56 Å². The number of carbonyl (C=O) groups is 1. The molecule has 4 rings (SSSR count). The summed E-state index contributed by atoms with van der Waals surface area (Å²) in [5.41, 5.74) is -0.0779. The maximum absolute atomic E-state index is 12.3. The average molecular weight is 331 g/mol. The van der Waals surface area contributed by atoms with Crippen LogP contribution in [0.3, 0.4) is 0 Å². The first-order valence-electron chi connectivity index (χ1n) is 8.44. The Balaban J connectivity index is 1.59. The fourth-order valence-electron chi connectivity index (χ4n) is 3.48. The number of aromatic nitrogens is 2. The molecule has 3 heterocycles. The van der Waals surface area contributed by atoms with E-state index < -0.39 is 0 Å². The molecule has 2 aromatic rings. The lowest BCUT2D eigenvalue weighted by atomic mass is 9.85. The third kappa shape index (κ3) is 2.69. The van der Waals surface area contributed by atoms with Crippen molar-refractivity contribution in [3.63, 3.8) is 0 Å². The minimum absolute atomic E-state index is 0.0202. The Labute approximate surface area is 138 Å². The van der Waals surface area contributed by atoms with E-state index in [0.717, 1.165) is 17.8 Å². The number of nitrogens with zero attached hydrogens (tertiary/aromatic N) is 2. The number of likely N-dealkylation sites (tertiary alicyclic amines) is 1. The van der Waals surface area contributed by atoms with Gasteiger partial charge < -0.3 is 9.88 Å². The third-order valence-electron chi connectivity index (χ3n) is 5.12. The van der Waals surface area contributed by atoms with Gasteiger partial charge in [-0.15, -0.1) is 11.3 Å². The largest absolute Gasteiger partial charge is 0.342 e. The van der Waals surface area contributed by atoms with Gasteiger partial charge >= 0.3 is 0 Å². The van der Waals surface area contributed by atoms with Crippen LogP contribution in [-0.4, -0.2) is 33.9 Å². The van der Waals surface area contributed by atoms with Crippen molar-refractivity contribution in [1.29, 1.82) is 0 Å². The first-order chi connectivity index (χ1) is 11.1. The van der Waals surface area contributed by atoms with Gasteiger partial charge in [-0.05, 0) is 31.2 Å². The zero-order valence-electron chi connectivity index (χ0n) is 13.3. The molecule has 1 aliphatic heterocycles. The van der Waals surface area contributed by atoms with E-state index in [1.807, 2.05) is 11.0 Å². The molecule has 1 unspecified atom stereocenters. The Morgan fingerprint density at radius 3 is 2.91 bits per heavy atom.